The summed E-state index contributed by atoms with van der Waals surface area (Å²) in [4.78, 5) is 0. The number of rotatable bonds is 4. The van der Waals surface area contributed by atoms with Crippen molar-refractivity contribution in [1.82, 2.24) is 0 Å². The summed E-state index contributed by atoms with van der Waals surface area (Å²) in [5.74, 6) is 0. The number of isothiocyanates is 2. The Morgan fingerprint density at radius 3 is 1.36 bits per heavy atom. The van der Waals surface area contributed by atoms with Crippen molar-refractivity contribution in [3.05, 3.63) is 27.6 Å². The Morgan fingerprint density at radius 1 is 1.00 bits per heavy atom. The molecule has 0 unspecified atom stereocenters. The minimum atomic E-state index is 0. The van der Waals surface area contributed by atoms with Gasteiger partial charge in [0.25, 0.3) is 0 Å². The minimum absolute atomic E-state index is 0. The first kappa shape index (κ1) is 23.7. The van der Waals surface area contributed by atoms with Crippen LogP contribution in [0.5, 0.6) is 0 Å². The van der Waals surface area contributed by atoms with Crippen LogP contribution in [0.25, 0.3) is 27.6 Å². The molecule has 0 aromatic heterocycles. The Labute approximate surface area is 105 Å². The van der Waals surface area contributed by atoms with Crippen molar-refractivity contribution in [2.45, 2.75) is 0 Å². The smallest absolute Gasteiger partial charge is 0 e. The fraction of sp³-hybridized carbons (Fsp3) is 0.667. The maximum Gasteiger partial charge on any atom is 0 e. The Kier molecular flexibility index (Phi) is 64.6. The number of nitrogens with zero attached hydrogens (tertiary/aromatic N) is 3. The molecule has 0 spiro atoms. The van der Waals surface area contributed by atoms with E-state index < -0.39 is 0 Å². The van der Waals surface area contributed by atoms with Gasteiger partial charge in [-0.3, -0.25) is 0 Å². The molecule has 0 atom stereocenters. The Hall–Kier alpha value is -0.000519. The van der Waals surface area contributed by atoms with Crippen molar-refractivity contribution in [3.63, 3.8) is 0 Å². The summed E-state index contributed by atoms with van der Waals surface area (Å²) in [6.45, 7) is 1.91. The molecule has 0 heterocycles. The van der Waals surface area contributed by atoms with Crippen LogP contribution in [0.1, 0.15) is 0 Å². The van der Waals surface area contributed by atoms with Crippen LogP contribution in [0.4, 0.5) is 0 Å². The average Bonchev–Trinajstić information content (AvgIpc) is 2.08. The van der Waals surface area contributed by atoms with E-state index in [0.717, 1.165) is 0 Å². The Bertz CT molecular complexity index is 127. The van der Waals surface area contributed by atoms with Crippen LogP contribution in [-0.4, -0.2) is 36.5 Å². The number of thiocarbonyl (C=S) groups is 2. The number of nitrogens with one attached hydrogen (secondary N) is 2. The predicted octanol–water partition coefficient (Wildman–Crippen LogP) is 2.78. The van der Waals surface area contributed by atoms with Crippen molar-refractivity contribution in [2.24, 2.45) is 0 Å². The zero-order valence-electron chi connectivity index (χ0n) is 7.29. The quantitative estimate of drug-likeness (QED) is 0.341. The van der Waals surface area contributed by atoms with Gasteiger partial charge in [0.15, 0.2) is 0 Å². The molecule has 5 nitrogen and oxygen atoms in total. The first-order chi connectivity index (χ1) is 6.24. The standard InChI is InChI=1S/C4H10N3.2CNS.Cu/c5-1-3-7-4-2-6;2*2-1-3;/h5-6H,1-4H2;;;/q-3;2*-1;. The molecular formula is C6H10CuN5S2-5. The maximum atomic E-state index is 7.13. The first-order valence-electron chi connectivity index (χ1n) is 3.20. The molecule has 0 fully saturated rings. The van der Waals surface area contributed by atoms with E-state index in [4.69, 9.17) is 22.3 Å². The topological polar surface area (TPSA) is 106 Å². The fourth-order valence-electron chi connectivity index (χ4n) is 0.270. The summed E-state index contributed by atoms with van der Waals surface area (Å²) in [5.41, 5.74) is 13.3. The third kappa shape index (κ3) is 90.8. The van der Waals surface area contributed by atoms with E-state index in [2.05, 4.69) is 29.8 Å². The van der Waals surface area contributed by atoms with Crippen LogP contribution in [0.15, 0.2) is 0 Å². The van der Waals surface area contributed by atoms with Gasteiger partial charge in [-0.15, -0.1) is 0 Å². The number of hydrogen-bond acceptors (Lipinski definition) is 2. The molecule has 0 saturated heterocycles. The van der Waals surface area contributed by atoms with Gasteiger partial charge >= 0.3 is 0 Å². The van der Waals surface area contributed by atoms with Gasteiger partial charge in [0, 0.05) is 17.1 Å². The average molecular weight is 280 g/mol. The van der Waals surface area contributed by atoms with Crippen molar-refractivity contribution in [3.8, 4) is 0 Å². The van der Waals surface area contributed by atoms with E-state index in [-0.39, 0.29) is 17.1 Å². The van der Waals surface area contributed by atoms with E-state index >= 15 is 0 Å². The zero-order valence-corrected chi connectivity index (χ0v) is 9.86. The van der Waals surface area contributed by atoms with Gasteiger partial charge in [-0.2, -0.15) is 36.5 Å². The summed E-state index contributed by atoms with van der Waals surface area (Å²) in [6, 6.07) is 0. The second-order valence-corrected chi connectivity index (χ2v) is 1.72. The first-order valence-corrected chi connectivity index (χ1v) is 4.01. The molecule has 0 aliphatic rings. The van der Waals surface area contributed by atoms with Crippen molar-refractivity contribution in [2.75, 3.05) is 26.2 Å². The molecule has 0 aromatic rings. The maximum absolute atomic E-state index is 7.13. The molecule has 2 N–H and O–H groups in total. The molecule has 0 amide bonds. The van der Waals surface area contributed by atoms with E-state index in [1.165, 1.54) is 10.3 Å². The summed E-state index contributed by atoms with van der Waals surface area (Å²) >= 11 is 7.40. The van der Waals surface area contributed by atoms with Gasteiger partial charge in [-0.25, -0.2) is 0 Å². The summed E-state index contributed by atoms with van der Waals surface area (Å²) < 4.78 is 0. The Morgan fingerprint density at radius 2 is 1.21 bits per heavy atom. The van der Waals surface area contributed by atoms with E-state index in [0.29, 0.717) is 26.2 Å². The normalized spacial score (nSPS) is 5.86. The molecule has 0 aromatic carbocycles. The second kappa shape index (κ2) is 38.2. The number of hydrogen-bond donors (Lipinski definition) is 0. The van der Waals surface area contributed by atoms with Crippen LogP contribution < -0.4 is 0 Å². The molecule has 14 heavy (non-hydrogen) atoms. The molecule has 0 rings (SSSR count). The summed E-state index contributed by atoms with van der Waals surface area (Å²) in [7, 11) is 0. The zero-order chi connectivity index (χ0) is 10.9. The van der Waals surface area contributed by atoms with Gasteiger partial charge in [0.1, 0.15) is 0 Å². The van der Waals surface area contributed by atoms with Crippen molar-refractivity contribution < 1.29 is 17.1 Å². The SMILES string of the molecule is [Cu].[N-]=C=S.[N-]=C=S.[NH-]CC[N-]CC[NH-]. The summed E-state index contributed by atoms with van der Waals surface area (Å²) in [5, 5.41) is 20.8. The molecule has 8 heteroatoms. The molecule has 87 valence electrons. The van der Waals surface area contributed by atoms with Gasteiger partial charge in [0.2, 0.25) is 0 Å². The molecule has 0 bridgehead atoms. The van der Waals surface area contributed by atoms with Gasteiger partial charge in [-0.1, -0.05) is 24.4 Å². The molecule has 0 aliphatic carbocycles. The van der Waals surface area contributed by atoms with E-state index in [9.17, 15) is 0 Å². The molecular weight excluding hydrogens is 270 g/mol. The van der Waals surface area contributed by atoms with Gasteiger partial charge < -0.3 is 27.6 Å². The molecule has 0 aliphatic heterocycles. The minimum Gasteiger partial charge on any atom is -0.753 e. The van der Waals surface area contributed by atoms with E-state index in [1.807, 2.05) is 0 Å². The third-order valence-electron chi connectivity index (χ3n) is 0.540. The Balaban J connectivity index is -0.0000000610. The van der Waals surface area contributed by atoms with Crippen molar-refractivity contribution >= 4 is 34.8 Å². The summed E-state index contributed by atoms with van der Waals surface area (Å²) in [6.07, 6.45) is 0. The van der Waals surface area contributed by atoms with Crippen LogP contribution in [0, 0.1) is 0 Å². The largest absolute Gasteiger partial charge is 0.753 e. The third-order valence-corrected chi connectivity index (χ3v) is 0.540. The van der Waals surface area contributed by atoms with Crippen LogP contribution in [0.3, 0.4) is 0 Å². The van der Waals surface area contributed by atoms with E-state index in [1.54, 1.807) is 0 Å². The van der Waals surface area contributed by atoms with Gasteiger partial charge in [-0.05, 0) is 0 Å². The van der Waals surface area contributed by atoms with Gasteiger partial charge in [0.05, 0.1) is 0 Å². The van der Waals surface area contributed by atoms with Crippen LogP contribution in [0.2, 0.25) is 0 Å². The second-order valence-electron chi connectivity index (χ2n) is 1.35. The van der Waals surface area contributed by atoms with Crippen LogP contribution in [-0.2, 0) is 17.1 Å². The fourth-order valence-corrected chi connectivity index (χ4v) is 0.270. The monoisotopic (exact) mass is 279 g/mol. The van der Waals surface area contributed by atoms with Crippen LogP contribution >= 0.6 is 24.4 Å². The van der Waals surface area contributed by atoms with Crippen molar-refractivity contribution in [1.29, 1.82) is 0 Å². The predicted molar refractivity (Wildman–Crippen MR) is 63.4 cm³/mol. The molecule has 0 saturated carbocycles. The molecule has 1 radical (unpaired) electrons.